The molecule has 0 bridgehead atoms. The zero-order valence-electron chi connectivity index (χ0n) is 12.0. The van der Waals surface area contributed by atoms with Gasteiger partial charge in [-0.15, -0.1) is 0 Å². The number of carbonyl (C=O) groups is 1. The number of unbranched alkanes of at least 4 members (excludes halogenated alkanes) is 2. The quantitative estimate of drug-likeness (QED) is 0.821. The lowest BCUT2D eigenvalue weighted by Crippen LogP contribution is -2.24. The summed E-state index contributed by atoms with van der Waals surface area (Å²) in [6.07, 6.45) is 4.98. The average Bonchev–Trinajstić information content (AvgIpc) is 2.90. The summed E-state index contributed by atoms with van der Waals surface area (Å²) < 4.78 is 1.66. The van der Waals surface area contributed by atoms with Gasteiger partial charge in [0.1, 0.15) is 6.33 Å². The number of carbonyl (C=O) groups excluding carboxylic acids is 1. The lowest BCUT2D eigenvalue weighted by atomic mass is 10.1. The third-order valence-electron chi connectivity index (χ3n) is 3.07. The van der Waals surface area contributed by atoms with Gasteiger partial charge >= 0.3 is 0 Å². The molecule has 0 aliphatic heterocycles. The number of rotatable bonds is 6. The van der Waals surface area contributed by atoms with Gasteiger partial charge in [-0.3, -0.25) is 9.48 Å². The van der Waals surface area contributed by atoms with Crippen LogP contribution in [0.5, 0.6) is 0 Å². The summed E-state index contributed by atoms with van der Waals surface area (Å²) in [6, 6.07) is 7.36. The first-order chi connectivity index (χ1) is 9.70. The SMILES string of the molecule is CCCCCNC(=O)c1ccc(-c2ncn(C)n2)cc1. The Hall–Kier alpha value is -2.17. The summed E-state index contributed by atoms with van der Waals surface area (Å²) in [6.45, 7) is 2.88. The summed E-state index contributed by atoms with van der Waals surface area (Å²) >= 11 is 0. The normalized spacial score (nSPS) is 10.5. The summed E-state index contributed by atoms with van der Waals surface area (Å²) in [7, 11) is 1.83. The Bertz CT molecular complexity index is 560. The fourth-order valence-electron chi connectivity index (χ4n) is 1.92. The van der Waals surface area contributed by atoms with Crippen LogP contribution < -0.4 is 5.32 Å². The lowest BCUT2D eigenvalue weighted by molar-refractivity contribution is 0.0953. The van der Waals surface area contributed by atoms with Gasteiger partial charge in [0, 0.05) is 24.7 Å². The fraction of sp³-hybridized carbons (Fsp3) is 0.400. The standard InChI is InChI=1S/C15H20N4O/c1-3-4-5-10-16-15(20)13-8-6-12(7-9-13)14-17-11-19(2)18-14/h6-9,11H,3-5,10H2,1-2H3,(H,16,20). The van der Waals surface area contributed by atoms with Gasteiger partial charge in [0.2, 0.25) is 0 Å². The summed E-state index contributed by atoms with van der Waals surface area (Å²) in [5, 5.41) is 7.15. The first kappa shape index (κ1) is 14.2. The van der Waals surface area contributed by atoms with Gasteiger partial charge < -0.3 is 5.32 Å². The third-order valence-corrected chi connectivity index (χ3v) is 3.07. The van der Waals surface area contributed by atoms with E-state index in [1.165, 1.54) is 0 Å². The van der Waals surface area contributed by atoms with Crippen LogP contribution in [0.2, 0.25) is 0 Å². The van der Waals surface area contributed by atoms with Crippen LogP contribution in [0.25, 0.3) is 11.4 Å². The van der Waals surface area contributed by atoms with Crippen LogP contribution in [0.3, 0.4) is 0 Å². The number of nitrogens with zero attached hydrogens (tertiary/aromatic N) is 3. The fourth-order valence-corrected chi connectivity index (χ4v) is 1.92. The van der Waals surface area contributed by atoms with E-state index in [0.29, 0.717) is 11.4 Å². The second kappa shape index (κ2) is 6.84. The number of nitrogens with one attached hydrogen (secondary N) is 1. The maximum atomic E-state index is 11.9. The van der Waals surface area contributed by atoms with E-state index in [2.05, 4.69) is 22.3 Å². The summed E-state index contributed by atoms with van der Waals surface area (Å²) in [5.41, 5.74) is 1.58. The molecule has 0 saturated heterocycles. The molecule has 2 aromatic rings. The Balaban J connectivity index is 1.95. The molecule has 0 aliphatic carbocycles. The zero-order valence-corrected chi connectivity index (χ0v) is 12.0. The topological polar surface area (TPSA) is 59.8 Å². The van der Waals surface area contributed by atoms with Crippen molar-refractivity contribution in [2.75, 3.05) is 6.54 Å². The molecule has 1 heterocycles. The molecule has 2 rings (SSSR count). The van der Waals surface area contributed by atoms with Crippen LogP contribution in [-0.4, -0.2) is 27.2 Å². The van der Waals surface area contributed by atoms with Crippen molar-refractivity contribution in [2.45, 2.75) is 26.2 Å². The Morgan fingerprint density at radius 2 is 2.00 bits per heavy atom. The predicted molar refractivity (Wildman–Crippen MR) is 78.3 cm³/mol. The Kier molecular flexibility index (Phi) is 4.87. The van der Waals surface area contributed by atoms with Gasteiger partial charge in [0.25, 0.3) is 5.91 Å². The van der Waals surface area contributed by atoms with Crippen LogP contribution >= 0.6 is 0 Å². The predicted octanol–water partition coefficient (Wildman–Crippen LogP) is 2.40. The highest BCUT2D eigenvalue weighted by Crippen LogP contribution is 2.14. The van der Waals surface area contributed by atoms with E-state index < -0.39 is 0 Å². The third kappa shape index (κ3) is 3.66. The smallest absolute Gasteiger partial charge is 0.251 e. The molecular formula is C15H20N4O. The molecule has 0 saturated carbocycles. The van der Waals surface area contributed by atoms with Crippen molar-refractivity contribution in [2.24, 2.45) is 7.05 Å². The minimum atomic E-state index is -0.0263. The Labute approximate surface area is 119 Å². The molecule has 0 spiro atoms. The zero-order chi connectivity index (χ0) is 14.4. The monoisotopic (exact) mass is 272 g/mol. The van der Waals surface area contributed by atoms with Crippen molar-refractivity contribution >= 4 is 5.91 Å². The lowest BCUT2D eigenvalue weighted by Gasteiger charge is -2.05. The number of hydrogen-bond donors (Lipinski definition) is 1. The van der Waals surface area contributed by atoms with Crippen molar-refractivity contribution in [1.82, 2.24) is 20.1 Å². The molecule has 0 unspecified atom stereocenters. The number of benzene rings is 1. The maximum Gasteiger partial charge on any atom is 0.251 e. The molecule has 1 aromatic heterocycles. The largest absolute Gasteiger partial charge is 0.352 e. The molecule has 106 valence electrons. The molecule has 0 aliphatic rings. The van der Waals surface area contributed by atoms with Crippen LogP contribution in [0.15, 0.2) is 30.6 Å². The van der Waals surface area contributed by atoms with Gasteiger partial charge in [-0.1, -0.05) is 31.9 Å². The van der Waals surface area contributed by atoms with Gasteiger partial charge in [-0.2, -0.15) is 5.10 Å². The van der Waals surface area contributed by atoms with Gasteiger partial charge in [0.15, 0.2) is 5.82 Å². The molecule has 1 aromatic carbocycles. The van der Waals surface area contributed by atoms with E-state index in [9.17, 15) is 4.79 Å². The van der Waals surface area contributed by atoms with Gasteiger partial charge in [-0.05, 0) is 18.6 Å². The van der Waals surface area contributed by atoms with Crippen molar-refractivity contribution < 1.29 is 4.79 Å². The van der Waals surface area contributed by atoms with Crippen molar-refractivity contribution in [3.05, 3.63) is 36.2 Å². The molecule has 0 radical (unpaired) electrons. The minimum Gasteiger partial charge on any atom is -0.352 e. The summed E-state index contributed by atoms with van der Waals surface area (Å²) in [4.78, 5) is 16.1. The molecule has 1 N–H and O–H groups in total. The average molecular weight is 272 g/mol. The van der Waals surface area contributed by atoms with Crippen molar-refractivity contribution in [3.63, 3.8) is 0 Å². The molecule has 0 atom stereocenters. The number of aryl methyl sites for hydroxylation is 1. The number of amides is 1. The number of hydrogen-bond acceptors (Lipinski definition) is 3. The highest BCUT2D eigenvalue weighted by Gasteiger charge is 2.07. The van der Waals surface area contributed by atoms with E-state index in [1.807, 2.05) is 19.2 Å². The van der Waals surface area contributed by atoms with E-state index in [0.717, 1.165) is 31.4 Å². The van der Waals surface area contributed by atoms with Gasteiger partial charge in [0.05, 0.1) is 0 Å². The second-order valence-electron chi connectivity index (χ2n) is 4.78. The Morgan fingerprint density at radius 1 is 1.25 bits per heavy atom. The molecule has 5 nitrogen and oxygen atoms in total. The Morgan fingerprint density at radius 3 is 2.60 bits per heavy atom. The first-order valence-electron chi connectivity index (χ1n) is 6.95. The minimum absolute atomic E-state index is 0.0263. The summed E-state index contributed by atoms with van der Waals surface area (Å²) in [5.74, 6) is 0.643. The molecule has 0 fully saturated rings. The van der Waals surface area contributed by atoms with Gasteiger partial charge in [-0.25, -0.2) is 4.98 Å². The van der Waals surface area contributed by atoms with Crippen LogP contribution in [0.1, 0.15) is 36.5 Å². The molecule has 1 amide bonds. The maximum absolute atomic E-state index is 11.9. The first-order valence-corrected chi connectivity index (χ1v) is 6.95. The molecule has 20 heavy (non-hydrogen) atoms. The highest BCUT2D eigenvalue weighted by atomic mass is 16.1. The van der Waals surface area contributed by atoms with Crippen molar-refractivity contribution in [1.29, 1.82) is 0 Å². The number of aromatic nitrogens is 3. The van der Waals surface area contributed by atoms with E-state index >= 15 is 0 Å². The van der Waals surface area contributed by atoms with E-state index in [-0.39, 0.29) is 5.91 Å². The second-order valence-corrected chi connectivity index (χ2v) is 4.78. The van der Waals surface area contributed by atoms with Crippen LogP contribution in [-0.2, 0) is 7.05 Å². The highest BCUT2D eigenvalue weighted by molar-refractivity contribution is 5.94. The molecular weight excluding hydrogens is 252 g/mol. The van der Waals surface area contributed by atoms with Crippen molar-refractivity contribution in [3.8, 4) is 11.4 Å². The molecule has 5 heteroatoms. The van der Waals surface area contributed by atoms with Crippen LogP contribution in [0.4, 0.5) is 0 Å². The van der Waals surface area contributed by atoms with Crippen LogP contribution in [0, 0.1) is 0 Å². The van der Waals surface area contributed by atoms with E-state index in [1.54, 1.807) is 23.1 Å². The van der Waals surface area contributed by atoms with E-state index in [4.69, 9.17) is 0 Å².